The first kappa shape index (κ1) is 16.5. The van der Waals surface area contributed by atoms with Crippen molar-refractivity contribution in [1.82, 2.24) is 0 Å². The predicted octanol–water partition coefficient (Wildman–Crippen LogP) is 4.35. The molecule has 108 valence electrons. The molecule has 0 aromatic heterocycles. The molecule has 0 aliphatic rings. The maximum atomic E-state index is 6.02. The lowest BCUT2D eigenvalue weighted by atomic mass is 10.0. The summed E-state index contributed by atoms with van der Waals surface area (Å²) < 4.78 is 1.18. The smallest absolute Gasteiger partial charge is 0.0513 e. The molecule has 0 saturated heterocycles. The normalized spacial score (nSPS) is 12.8. The summed E-state index contributed by atoms with van der Waals surface area (Å²) >= 11 is 3.72. The first-order valence-corrected chi connectivity index (χ1v) is 8.09. The fourth-order valence-corrected chi connectivity index (χ4v) is 2.91. The first-order valence-electron chi connectivity index (χ1n) is 7.30. The number of anilines is 1. The van der Waals surface area contributed by atoms with Crippen LogP contribution in [-0.2, 0) is 6.42 Å². The Morgan fingerprint density at radius 2 is 1.95 bits per heavy atom. The molecule has 1 atom stereocenters. The van der Waals surface area contributed by atoms with Crippen LogP contribution >= 0.6 is 15.9 Å². The summed E-state index contributed by atoms with van der Waals surface area (Å²) in [6.45, 7) is 9.92. The van der Waals surface area contributed by atoms with Crippen molar-refractivity contribution in [1.29, 1.82) is 0 Å². The Kier molecular flexibility index (Phi) is 6.87. The van der Waals surface area contributed by atoms with E-state index < -0.39 is 0 Å². The summed E-state index contributed by atoms with van der Waals surface area (Å²) in [5, 5.41) is 0. The van der Waals surface area contributed by atoms with Crippen LogP contribution in [0.4, 0.5) is 5.69 Å². The topological polar surface area (TPSA) is 29.3 Å². The van der Waals surface area contributed by atoms with Gasteiger partial charge in [-0.2, -0.15) is 0 Å². The molecule has 0 aliphatic carbocycles. The maximum absolute atomic E-state index is 6.02. The second kappa shape index (κ2) is 7.91. The average Bonchev–Trinajstić information content (AvgIpc) is 2.36. The molecule has 0 bridgehead atoms. The van der Waals surface area contributed by atoms with E-state index in [1.54, 1.807) is 0 Å². The molecule has 0 heterocycles. The lowest BCUT2D eigenvalue weighted by Crippen LogP contribution is -2.31. The number of nitrogens with two attached hydrogens (primary N) is 1. The van der Waals surface area contributed by atoms with Crippen molar-refractivity contribution in [3.8, 4) is 0 Å². The second-order valence-electron chi connectivity index (χ2n) is 5.45. The van der Waals surface area contributed by atoms with Gasteiger partial charge in [-0.25, -0.2) is 0 Å². The SMILES string of the molecule is CCCN(c1ccc(CC(N)CC)cc1Br)C(C)C. The van der Waals surface area contributed by atoms with Crippen molar-refractivity contribution in [2.24, 2.45) is 5.73 Å². The maximum Gasteiger partial charge on any atom is 0.0513 e. The van der Waals surface area contributed by atoms with E-state index >= 15 is 0 Å². The molecule has 0 fully saturated rings. The molecule has 19 heavy (non-hydrogen) atoms. The number of rotatable bonds is 7. The van der Waals surface area contributed by atoms with E-state index in [0.29, 0.717) is 6.04 Å². The minimum absolute atomic E-state index is 0.259. The molecule has 3 heteroatoms. The van der Waals surface area contributed by atoms with Crippen LogP contribution in [0.25, 0.3) is 0 Å². The molecule has 0 aliphatic heterocycles. The lowest BCUT2D eigenvalue weighted by molar-refractivity contribution is 0.645. The molecule has 1 rings (SSSR count). The fraction of sp³-hybridized carbons (Fsp3) is 0.625. The standard InChI is InChI=1S/C16H27BrN2/c1-5-9-19(12(3)4)16-8-7-13(11-15(16)17)10-14(18)6-2/h7-8,11-12,14H,5-6,9-10,18H2,1-4H3. The van der Waals surface area contributed by atoms with Crippen LogP contribution in [0.3, 0.4) is 0 Å². The summed E-state index contributed by atoms with van der Waals surface area (Å²) in [4.78, 5) is 2.44. The van der Waals surface area contributed by atoms with E-state index in [0.717, 1.165) is 25.8 Å². The molecule has 1 aromatic rings. The van der Waals surface area contributed by atoms with Crippen molar-refractivity contribution >= 4 is 21.6 Å². The summed E-state index contributed by atoms with van der Waals surface area (Å²) in [7, 11) is 0. The van der Waals surface area contributed by atoms with Gasteiger partial charge in [0.1, 0.15) is 0 Å². The van der Waals surface area contributed by atoms with Crippen molar-refractivity contribution in [2.75, 3.05) is 11.4 Å². The van der Waals surface area contributed by atoms with Crippen molar-refractivity contribution in [3.05, 3.63) is 28.2 Å². The van der Waals surface area contributed by atoms with Gasteiger partial charge in [-0.05, 0) is 66.7 Å². The summed E-state index contributed by atoms with van der Waals surface area (Å²) in [5.41, 5.74) is 8.62. The van der Waals surface area contributed by atoms with Gasteiger partial charge < -0.3 is 10.6 Å². The Bertz CT molecular complexity index is 390. The van der Waals surface area contributed by atoms with Gasteiger partial charge in [-0.1, -0.05) is 19.9 Å². The highest BCUT2D eigenvalue weighted by atomic mass is 79.9. The van der Waals surface area contributed by atoms with Crippen LogP contribution < -0.4 is 10.6 Å². The Morgan fingerprint density at radius 3 is 2.42 bits per heavy atom. The highest BCUT2D eigenvalue weighted by molar-refractivity contribution is 9.10. The van der Waals surface area contributed by atoms with Crippen LogP contribution in [0, 0.1) is 0 Å². The molecule has 1 aromatic carbocycles. The third kappa shape index (κ3) is 4.81. The van der Waals surface area contributed by atoms with Crippen LogP contribution in [0.5, 0.6) is 0 Å². The summed E-state index contributed by atoms with van der Waals surface area (Å²) in [5.74, 6) is 0. The quantitative estimate of drug-likeness (QED) is 0.806. The average molecular weight is 327 g/mol. The Labute approximate surface area is 126 Å². The molecular weight excluding hydrogens is 300 g/mol. The minimum Gasteiger partial charge on any atom is -0.368 e. The van der Waals surface area contributed by atoms with Crippen LogP contribution in [0.2, 0.25) is 0 Å². The number of benzene rings is 1. The fourth-order valence-electron chi connectivity index (χ4n) is 2.26. The van der Waals surface area contributed by atoms with Crippen LogP contribution in [0.1, 0.15) is 46.1 Å². The summed E-state index contributed by atoms with van der Waals surface area (Å²) in [6, 6.07) is 7.42. The lowest BCUT2D eigenvalue weighted by Gasteiger charge is -2.30. The second-order valence-corrected chi connectivity index (χ2v) is 6.30. The molecular formula is C16H27BrN2. The van der Waals surface area contributed by atoms with Crippen molar-refractivity contribution in [2.45, 2.75) is 59.0 Å². The van der Waals surface area contributed by atoms with Gasteiger partial charge in [-0.3, -0.25) is 0 Å². The van der Waals surface area contributed by atoms with Gasteiger partial charge in [0.25, 0.3) is 0 Å². The van der Waals surface area contributed by atoms with E-state index in [9.17, 15) is 0 Å². The van der Waals surface area contributed by atoms with Gasteiger partial charge in [0, 0.05) is 23.1 Å². The Balaban J connectivity index is 2.92. The third-order valence-corrected chi connectivity index (χ3v) is 4.07. The number of nitrogens with zero attached hydrogens (tertiary/aromatic N) is 1. The van der Waals surface area contributed by atoms with Crippen LogP contribution in [-0.4, -0.2) is 18.6 Å². The zero-order valence-electron chi connectivity index (χ0n) is 12.6. The highest BCUT2D eigenvalue weighted by Crippen LogP contribution is 2.29. The first-order chi connectivity index (χ1) is 8.99. The van der Waals surface area contributed by atoms with Gasteiger partial charge >= 0.3 is 0 Å². The van der Waals surface area contributed by atoms with Gasteiger partial charge in [-0.15, -0.1) is 0 Å². The van der Waals surface area contributed by atoms with Gasteiger partial charge in [0.15, 0.2) is 0 Å². The zero-order valence-corrected chi connectivity index (χ0v) is 14.2. The largest absolute Gasteiger partial charge is 0.368 e. The number of hydrogen-bond donors (Lipinski definition) is 1. The van der Waals surface area contributed by atoms with E-state index in [2.05, 4.69) is 66.7 Å². The molecule has 0 saturated carbocycles. The molecule has 2 N–H and O–H groups in total. The summed E-state index contributed by atoms with van der Waals surface area (Å²) in [6.07, 6.45) is 3.13. The molecule has 0 radical (unpaired) electrons. The zero-order chi connectivity index (χ0) is 14.4. The van der Waals surface area contributed by atoms with Crippen molar-refractivity contribution in [3.63, 3.8) is 0 Å². The number of halogens is 1. The molecule has 2 nitrogen and oxygen atoms in total. The monoisotopic (exact) mass is 326 g/mol. The van der Waals surface area contributed by atoms with Crippen molar-refractivity contribution < 1.29 is 0 Å². The van der Waals surface area contributed by atoms with Gasteiger partial charge in [0.2, 0.25) is 0 Å². The van der Waals surface area contributed by atoms with E-state index in [-0.39, 0.29) is 6.04 Å². The van der Waals surface area contributed by atoms with E-state index in [1.165, 1.54) is 15.7 Å². The van der Waals surface area contributed by atoms with E-state index in [1.807, 2.05) is 0 Å². The van der Waals surface area contributed by atoms with Crippen LogP contribution in [0.15, 0.2) is 22.7 Å². The Hall–Kier alpha value is -0.540. The molecule has 0 amide bonds. The Morgan fingerprint density at radius 1 is 1.26 bits per heavy atom. The van der Waals surface area contributed by atoms with Gasteiger partial charge in [0.05, 0.1) is 5.69 Å². The molecule has 0 spiro atoms. The minimum atomic E-state index is 0.259. The number of hydrogen-bond acceptors (Lipinski definition) is 2. The molecule has 1 unspecified atom stereocenters. The third-order valence-electron chi connectivity index (χ3n) is 3.43. The van der Waals surface area contributed by atoms with E-state index in [4.69, 9.17) is 5.73 Å². The predicted molar refractivity (Wildman–Crippen MR) is 88.9 cm³/mol. The highest BCUT2D eigenvalue weighted by Gasteiger charge is 2.13.